The van der Waals surface area contributed by atoms with Crippen molar-refractivity contribution in [3.8, 4) is 5.75 Å². The number of halogens is 3. The number of amides is 1. The summed E-state index contributed by atoms with van der Waals surface area (Å²) in [6.07, 6.45) is -4.45. The highest BCUT2D eigenvalue weighted by Gasteiger charge is 2.30. The Morgan fingerprint density at radius 3 is 2.46 bits per heavy atom. The van der Waals surface area contributed by atoms with E-state index in [4.69, 9.17) is 4.74 Å². The highest BCUT2D eigenvalue weighted by atomic mass is 32.2. The number of carbonyl (C=O) groups excluding carboxylic acids is 1. The molecule has 0 aromatic heterocycles. The molecule has 1 aliphatic heterocycles. The van der Waals surface area contributed by atoms with Crippen LogP contribution in [-0.2, 0) is 27.5 Å². The molecular formula is C16H13F3N2O4S. The number of alkyl halides is 3. The van der Waals surface area contributed by atoms with Crippen LogP contribution in [-0.4, -0.2) is 20.9 Å². The molecule has 1 aliphatic rings. The van der Waals surface area contributed by atoms with Gasteiger partial charge in [0.15, 0.2) is 6.61 Å². The van der Waals surface area contributed by atoms with Gasteiger partial charge in [0, 0.05) is 6.54 Å². The number of fused-ring (bicyclic) bond motifs is 1. The van der Waals surface area contributed by atoms with E-state index in [0.29, 0.717) is 11.3 Å². The van der Waals surface area contributed by atoms with Crippen LogP contribution in [0.1, 0.15) is 11.1 Å². The maximum atomic E-state index is 12.5. The summed E-state index contributed by atoms with van der Waals surface area (Å²) in [6.45, 7) is -0.328. The van der Waals surface area contributed by atoms with Gasteiger partial charge >= 0.3 is 6.18 Å². The molecule has 0 unspecified atom stereocenters. The number of hydrogen-bond donors (Lipinski definition) is 2. The number of benzene rings is 2. The highest BCUT2D eigenvalue weighted by Crippen LogP contribution is 2.30. The Labute approximate surface area is 147 Å². The van der Waals surface area contributed by atoms with E-state index < -0.39 is 27.7 Å². The molecule has 0 atom stereocenters. The summed E-state index contributed by atoms with van der Waals surface area (Å²) in [5.74, 6) is -0.0453. The predicted molar refractivity (Wildman–Crippen MR) is 86.0 cm³/mol. The Hall–Kier alpha value is -2.59. The predicted octanol–water partition coefficient (Wildman–Crippen LogP) is 2.51. The standard InChI is InChI=1S/C16H13F3N2O4S/c17-16(18,19)11-3-1-10(2-4-11)8-20-26(23,24)12-5-6-14-13(7-12)21-15(22)9-25-14/h1-7,20H,8-9H2,(H,21,22). The zero-order valence-corrected chi connectivity index (χ0v) is 13.9. The van der Waals surface area contributed by atoms with Crippen LogP contribution in [0.5, 0.6) is 5.75 Å². The van der Waals surface area contributed by atoms with E-state index in [9.17, 15) is 26.4 Å². The molecule has 2 aromatic rings. The quantitative estimate of drug-likeness (QED) is 0.846. The van der Waals surface area contributed by atoms with Crippen LogP contribution in [0.2, 0.25) is 0 Å². The fourth-order valence-corrected chi connectivity index (χ4v) is 3.35. The normalized spacial score (nSPS) is 14.3. The maximum Gasteiger partial charge on any atom is 0.416 e. The first-order valence-electron chi connectivity index (χ1n) is 7.38. The van der Waals surface area contributed by atoms with Crippen LogP contribution in [0.25, 0.3) is 0 Å². The Balaban J connectivity index is 1.73. The van der Waals surface area contributed by atoms with Gasteiger partial charge in [-0.15, -0.1) is 0 Å². The van der Waals surface area contributed by atoms with Gasteiger partial charge in [0.05, 0.1) is 16.1 Å². The number of hydrogen-bond acceptors (Lipinski definition) is 4. The molecule has 0 saturated heterocycles. The van der Waals surface area contributed by atoms with Gasteiger partial charge < -0.3 is 10.1 Å². The Bertz CT molecular complexity index is 941. The van der Waals surface area contributed by atoms with Gasteiger partial charge in [-0.3, -0.25) is 4.79 Å². The second-order valence-electron chi connectivity index (χ2n) is 5.51. The third-order valence-electron chi connectivity index (χ3n) is 3.64. The molecule has 26 heavy (non-hydrogen) atoms. The number of sulfonamides is 1. The molecule has 3 rings (SSSR count). The van der Waals surface area contributed by atoms with Crippen molar-refractivity contribution in [1.29, 1.82) is 0 Å². The fraction of sp³-hybridized carbons (Fsp3) is 0.188. The molecule has 6 nitrogen and oxygen atoms in total. The molecule has 10 heteroatoms. The molecule has 0 fully saturated rings. The summed E-state index contributed by atoms with van der Waals surface area (Å²) >= 11 is 0. The van der Waals surface area contributed by atoms with Gasteiger partial charge in [0.2, 0.25) is 10.0 Å². The van der Waals surface area contributed by atoms with Gasteiger partial charge in [0.25, 0.3) is 5.91 Å². The van der Waals surface area contributed by atoms with E-state index in [1.807, 2.05) is 0 Å². The van der Waals surface area contributed by atoms with Crippen molar-refractivity contribution in [3.63, 3.8) is 0 Å². The second-order valence-corrected chi connectivity index (χ2v) is 7.28. The van der Waals surface area contributed by atoms with Crippen molar-refractivity contribution in [2.24, 2.45) is 0 Å². The lowest BCUT2D eigenvalue weighted by atomic mass is 10.1. The third kappa shape index (κ3) is 3.97. The lowest BCUT2D eigenvalue weighted by molar-refractivity contribution is -0.137. The van der Waals surface area contributed by atoms with E-state index in [-0.39, 0.29) is 23.7 Å². The van der Waals surface area contributed by atoms with Crippen molar-refractivity contribution in [2.75, 3.05) is 11.9 Å². The Morgan fingerprint density at radius 1 is 1.12 bits per heavy atom. The average Bonchev–Trinajstić information content (AvgIpc) is 2.59. The summed E-state index contributed by atoms with van der Waals surface area (Å²) in [5, 5.41) is 2.50. The van der Waals surface area contributed by atoms with Crippen molar-refractivity contribution in [3.05, 3.63) is 53.6 Å². The molecule has 0 bridgehead atoms. The smallest absolute Gasteiger partial charge is 0.416 e. The highest BCUT2D eigenvalue weighted by molar-refractivity contribution is 7.89. The van der Waals surface area contributed by atoms with Crippen LogP contribution in [0.3, 0.4) is 0 Å². The lowest BCUT2D eigenvalue weighted by Crippen LogP contribution is -2.27. The van der Waals surface area contributed by atoms with Gasteiger partial charge in [-0.1, -0.05) is 12.1 Å². The minimum Gasteiger partial charge on any atom is -0.482 e. The molecule has 138 valence electrons. The van der Waals surface area contributed by atoms with E-state index >= 15 is 0 Å². The second kappa shape index (κ2) is 6.61. The molecule has 1 heterocycles. The van der Waals surface area contributed by atoms with Gasteiger partial charge in [-0.05, 0) is 35.9 Å². The first kappa shape index (κ1) is 18.2. The van der Waals surface area contributed by atoms with Crippen molar-refractivity contribution in [2.45, 2.75) is 17.6 Å². The summed E-state index contributed by atoms with van der Waals surface area (Å²) in [4.78, 5) is 11.2. The SMILES string of the molecule is O=C1COc2ccc(S(=O)(=O)NCc3ccc(C(F)(F)F)cc3)cc2N1. The molecule has 0 saturated carbocycles. The first-order chi connectivity index (χ1) is 12.1. The fourth-order valence-electron chi connectivity index (χ4n) is 2.30. The Kier molecular flexibility index (Phi) is 4.63. The number of carbonyl (C=O) groups is 1. The molecule has 0 aliphatic carbocycles. The molecule has 0 spiro atoms. The van der Waals surface area contributed by atoms with Crippen LogP contribution in [0, 0.1) is 0 Å². The van der Waals surface area contributed by atoms with Crippen LogP contribution in [0.15, 0.2) is 47.4 Å². The molecule has 0 radical (unpaired) electrons. The van der Waals surface area contributed by atoms with Gasteiger partial charge in [-0.25, -0.2) is 13.1 Å². The zero-order valence-electron chi connectivity index (χ0n) is 13.1. The first-order valence-corrected chi connectivity index (χ1v) is 8.86. The molecule has 2 N–H and O–H groups in total. The van der Waals surface area contributed by atoms with Crippen molar-refractivity contribution < 1.29 is 31.1 Å². The average molecular weight is 386 g/mol. The van der Waals surface area contributed by atoms with Crippen LogP contribution in [0.4, 0.5) is 18.9 Å². The summed E-state index contributed by atoms with van der Waals surface area (Å²) in [6, 6.07) is 8.15. The number of ether oxygens (including phenoxy) is 1. The number of nitrogens with one attached hydrogen (secondary N) is 2. The number of anilines is 1. The van der Waals surface area contributed by atoms with E-state index in [1.54, 1.807) is 0 Å². The van der Waals surface area contributed by atoms with Crippen molar-refractivity contribution >= 4 is 21.6 Å². The Morgan fingerprint density at radius 2 is 1.81 bits per heavy atom. The lowest BCUT2D eigenvalue weighted by Gasteiger charge is -2.18. The largest absolute Gasteiger partial charge is 0.482 e. The summed E-state index contributed by atoms with van der Waals surface area (Å²) < 4.78 is 69.8. The van der Waals surface area contributed by atoms with Gasteiger partial charge in [0.1, 0.15) is 5.75 Å². The topological polar surface area (TPSA) is 84.5 Å². The van der Waals surface area contributed by atoms with E-state index in [1.165, 1.54) is 30.3 Å². The number of rotatable bonds is 4. The van der Waals surface area contributed by atoms with Crippen LogP contribution < -0.4 is 14.8 Å². The molecular weight excluding hydrogens is 373 g/mol. The summed E-state index contributed by atoms with van der Waals surface area (Å²) in [5.41, 5.74) is -0.204. The minimum atomic E-state index is -4.45. The van der Waals surface area contributed by atoms with Crippen LogP contribution >= 0.6 is 0 Å². The summed E-state index contributed by atoms with van der Waals surface area (Å²) in [7, 11) is -3.93. The molecule has 1 amide bonds. The van der Waals surface area contributed by atoms with E-state index in [2.05, 4.69) is 10.0 Å². The van der Waals surface area contributed by atoms with Gasteiger partial charge in [-0.2, -0.15) is 13.2 Å². The molecule has 2 aromatic carbocycles. The van der Waals surface area contributed by atoms with E-state index in [0.717, 1.165) is 12.1 Å². The maximum absolute atomic E-state index is 12.5. The zero-order chi connectivity index (χ0) is 18.9. The minimum absolute atomic E-state index is 0.103. The monoisotopic (exact) mass is 386 g/mol. The third-order valence-corrected chi connectivity index (χ3v) is 5.04. The van der Waals surface area contributed by atoms with Crippen molar-refractivity contribution in [1.82, 2.24) is 4.72 Å².